The number of carbonyl (C=O) groups is 2. The molecular weight excluding hydrogens is 326 g/mol. The number of hydrogen-bond acceptors (Lipinski definition) is 3. The van der Waals surface area contributed by atoms with Gasteiger partial charge in [-0.1, -0.05) is 42.5 Å². The molecule has 0 unspecified atom stereocenters. The maximum Gasteiger partial charge on any atom is 0.243 e. The summed E-state index contributed by atoms with van der Waals surface area (Å²) in [7, 11) is 1.89. The predicted molar refractivity (Wildman–Crippen MR) is 105 cm³/mol. The molecule has 5 heteroatoms. The molecular formula is C21H27N3O2. The lowest BCUT2D eigenvalue weighted by Crippen LogP contribution is -2.39. The van der Waals surface area contributed by atoms with Crippen molar-refractivity contribution >= 4 is 17.5 Å². The number of likely N-dealkylation sites (N-methyl/N-ethyl adjacent to an activating group) is 1. The van der Waals surface area contributed by atoms with Gasteiger partial charge in [0.15, 0.2) is 0 Å². The highest BCUT2D eigenvalue weighted by Crippen LogP contribution is 2.19. The molecule has 2 aromatic rings. The zero-order chi connectivity index (χ0) is 19.1. The SMILES string of the molecule is Cc1ccccc1CN(C)CC(=O)NCC(=O)Nc1c(C)cccc1C. The lowest BCUT2D eigenvalue weighted by molar-refractivity contribution is -0.124. The van der Waals surface area contributed by atoms with Crippen LogP contribution in [0.4, 0.5) is 5.69 Å². The van der Waals surface area contributed by atoms with E-state index in [1.807, 2.05) is 56.1 Å². The largest absolute Gasteiger partial charge is 0.346 e. The normalized spacial score (nSPS) is 10.7. The predicted octanol–water partition coefficient (Wildman–Crippen LogP) is 2.80. The number of anilines is 1. The van der Waals surface area contributed by atoms with Crippen molar-refractivity contribution in [3.05, 3.63) is 64.7 Å². The first-order valence-electron chi connectivity index (χ1n) is 8.72. The van der Waals surface area contributed by atoms with Gasteiger partial charge in [-0.2, -0.15) is 0 Å². The van der Waals surface area contributed by atoms with Crippen molar-refractivity contribution in [3.8, 4) is 0 Å². The quantitative estimate of drug-likeness (QED) is 0.805. The Morgan fingerprint density at radius 1 is 0.885 bits per heavy atom. The lowest BCUT2D eigenvalue weighted by Gasteiger charge is -2.17. The number of nitrogens with one attached hydrogen (secondary N) is 2. The van der Waals surface area contributed by atoms with Gasteiger partial charge in [0.05, 0.1) is 13.1 Å². The van der Waals surface area contributed by atoms with Crippen molar-refractivity contribution in [2.75, 3.05) is 25.5 Å². The van der Waals surface area contributed by atoms with Crippen LogP contribution in [0, 0.1) is 20.8 Å². The number of benzene rings is 2. The van der Waals surface area contributed by atoms with E-state index >= 15 is 0 Å². The third-order valence-electron chi connectivity index (χ3n) is 4.31. The van der Waals surface area contributed by atoms with Gasteiger partial charge in [0.2, 0.25) is 11.8 Å². The van der Waals surface area contributed by atoms with Gasteiger partial charge >= 0.3 is 0 Å². The Kier molecular flexibility index (Phi) is 6.92. The van der Waals surface area contributed by atoms with Gasteiger partial charge in [-0.3, -0.25) is 14.5 Å². The Labute approximate surface area is 155 Å². The summed E-state index contributed by atoms with van der Waals surface area (Å²) < 4.78 is 0. The zero-order valence-electron chi connectivity index (χ0n) is 15.9. The molecule has 0 radical (unpaired) electrons. The molecule has 0 aliphatic carbocycles. The summed E-state index contributed by atoms with van der Waals surface area (Å²) in [6.07, 6.45) is 0. The van der Waals surface area contributed by atoms with E-state index in [4.69, 9.17) is 0 Å². The number of aryl methyl sites for hydroxylation is 3. The highest BCUT2D eigenvalue weighted by atomic mass is 16.2. The number of rotatable bonds is 7. The van der Waals surface area contributed by atoms with Gasteiger partial charge in [-0.05, 0) is 50.1 Å². The summed E-state index contributed by atoms with van der Waals surface area (Å²) in [5.74, 6) is -0.393. The van der Waals surface area contributed by atoms with Crippen LogP contribution in [0.5, 0.6) is 0 Å². The van der Waals surface area contributed by atoms with Gasteiger partial charge < -0.3 is 10.6 Å². The van der Waals surface area contributed by atoms with Crippen molar-refractivity contribution in [1.82, 2.24) is 10.2 Å². The van der Waals surface area contributed by atoms with Crippen molar-refractivity contribution in [1.29, 1.82) is 0 Å². The first-order valence-corrected chi connectivity index (χ1v) is 8.72. The lowest BCUT2D eigenvalue weighted by atomic mass is 10.1. The average Bonchev–Trinajstić information content (AvgIpc) is 2.58. The highest BCUT2D eigenvalue weighted by Gasteiger charge is 2.11. The first-order chi connectivity index (χ1) is 12.4. The van der Waals surface area contributed by atoms with Crippen LogP contribution in [-0.4, -0.2) is 36.9 Å². The summed E-state index contributed by atoms with van der Waals surface area (Å²) in [4.78, 5) is 26.1. The number of hydrogen-bond donors (Lipinski definition) is 2. The molecule has 0 atom stereocenters. The molecule has 5 nitrogen and oxygen atoms in total. The fourth-order valence-electron chi connectivity index (χ4n) is 2.81. The van der Waals surface area contributed by atoms with Crippen LogP contribution in [0.2, 0.25) is 0 Å². The Morgan fingerprint density at radius 2 is 1.50 bits per heavy atom. The molecule has 2 N–H and O–H groups in total. The van der Waals surface area contributed by atoms with E-state index in [0.29, 0.717) is 6.54 Å². The summed E-state index contributed by atoms with van der Waals surface area (Å²) >= 11 is 0. The van der Waals surface area contributed by atoms with Gasteiger partial charge in [0.25, 0.3) is 0 Å². The van der Waals surface area contributed by atoms with Gasteiger partial charge in [-0.15, -0.1) is 0 Å². The van der Waals surface area contributed by atoms with E-state index in [-0.39, 0.29) is 24.9 Å². The van der Waals surface area contributed by atoms with Crippen molar-refractivity contribution in [2.45, 2.75) is 27.3 Å². The Hall–Kier alpha value is -2.66. The standard InChI is InChI=1S/C21H27N3O2/c1-15-8-5-6-11-18(15)13-24(4)14-20(26)22-12-19(25)23-21-16(2)9-7-10-17(21)3/h5-11H,12-14H2,1-4H3,(H,22,26)(H,23,25). The van der Waals surface area contributed by atoms with Gasteiger partial charge in [-0.25, -0.2) is 0 Å². The molecule has 2 aromatic carbocycles. The van der Waals surface area contributed by atoms with Crippen LogP contribution in [0.3, 0.4) is 0 Å². The third kappa shape index (κ3) is 5.70. The second kappa shape index (κ2) is 9.15. The van der Waals surface area contributed by atoms with Gasteiger partial charge in [0.1, 0.15) is 0 Å². The summed E-state index contributed by atoms with van der Waals surface area (Å²) in [6, 6.07) is 14.0. The highest BCUT2D eigenvalue weighted by molar-refractivity contribution is 5.95. The second-order valence-electron chi connectivity index (χ2n) is 6.69. The minimum atomic E-state index is -0.225. The van der Waals surface area contributed by atoms with Crippen molar-refractivity contribution in [3.63, 3.8) is 0 Å². The Balaban J connectivity index is 1.79. The fraction of sp³-hybridized carbons (Fsp3) is 0.333. The third-order valence-corrected chi connectivity index (χ3v) is 4.31. The Bertz CT molecular complexity index is 766. The minimum Gasteiger partial charge on any atom is -0.346 e. The molecule has 0 spiro atoms. The molecule has 0 saturated heterocycles. The fourth-order valence-corrected chi connectivity index (χ4v) is 2.81. The summed E-state index contributed by atoms with van der Waals surface area (Å²) in [6.45, 7) is 6.84. The van der Waals surface area contributed by atoms with Crippen LogP contribution in [-0.2, 0) is 16.1 Å². The van der Waals surface area contributed by atoms with Crippen LogP contribution in [0.25, 0.3) is 0 Å². The monoisotopic (exact) mass is 353 g/mol. The van der Waals surface area contributed by atoms with Crippen LogP contribution in [0.15, 0.2) is 42.5 Å². The van der Waals surface area contributed by atoms with Crippen LogP contribution < -0.4 is 10.6 Å². The van der Waals surface area contributed by atoms with E-state index in [1.54, 1.807) is 0 Å². The van der Waals surface area contributed by atoms with Crippen LogP contribution >= 0.6 is 0 Å². The number of amides is 2. The van der Waals surface area contributed by atoms with Crippen LogP contribution in [0.1, 0.15) is 22.3 Å². The number of para-hydroxylation sites is 1. The number of nitrogens with zero attached hydrogens (tertiary/aromatic N) is 1. The zero-order valence-corrected chi connectivity index (χ0v) is 15.9. The van der Waals surface area contributed by atoms with E-state index in [9.17, 15) is 9.59 Å². The van der Waals surface area contributed by atoms with E-state index in [1.165, 1.54) is 11.1 Å². The molecule has 0 fully saturated rings. The molecule has 2 rings (SSSR count). The topological polar surface area (TPSA) is 61.4 Å². The molecule has 0 bridgehead atoms. The molecule has 0 aliphatic heterocycles. The second-order valence-corrected chi connectivity index (χ2v) is 6.69. The molecule has 26 heavy (non-hydrogen) atoms. The molecule has 0 aromatic heterocycles. The van der Waals surface area contributed by atoms with E-state index in [0.717, 1.165) is 16.8 Å². The maximum atomic E-state index is 12.1. The van der Waals surface area contributed by atoms with Crippen molar-refractivity contribution in [2.24, 2.45) is 0 Å². The number of carbonyl (C=O) groups excluding carboxylic acids is 2. The summed E-state index contributed by atoms with van der Waals surface area (Å²) in [5, 5.41) is 5.55. The van der Waals surface area contributed by atoms with Gasteiger partial charge in [0, 0.05) is 12.2 Å². The van der Waals surface area contributed by atoms with E-state index in [2.05, 4.69) is 29.7 Å². The molecule has 0 heterocycles. The minimum absolute atomic E-state index is 0.0369. The van der Waals surface area contributed by atoms with E-state index < -0.39 is 0 Å². The molecule has 0 saturated carbocycles. The Morgan fingerprint density at radius 3 is 2.15 bits per heavy atom. The smallest absolute Gasteiger partial charge is 0.243 e. The maximum absolute atomic E-state index is 12.1. The first kappa shape index (κ1) is 19.7. The molecule has 2 amide bonds. The summed E-state index contributed by atoms with van der Waals surface area (Å²) in [5.41, 5.74) is 5.21. The average molecular weight is 353 g/mol. The molecule has 0 aliphatic rings. The van der Waals surface area contributed by atoms with Crippen molar-refractivity contribution < 1.29 is 9.59 Å². The molecule has 138 valence electrons.